The van der Waals surface area contributed by atoms with Gasteiger partial charge < -0.3 is 16.2 Å². The van der Waals surface area contributed by atoms with E-state index in [9.17, 15) is 5.11 Å². The number of benzene rings is 1. The number of anilines is 2. The SMILES string of the molecule is CCCC(C)(O)CNc1cc(C#N)ccc1N. The third kappa shape index (κ3) is 3.97. The number of nitrogen functional groups attached to an aromatic ring is 1. The van der Waals surface area contributed by atoms with Crippen LogP contribution in [0.5, 0.6) is 0 Å². The Kier molecular flexibility index (Phi) is 4.36. The van der Waals surface area contributed by atoms with Crippen LogP contribution in [0.3, 0.4) is 0 Å². The molecule has 0 saturated heterocycles. The molecule has 4 heteroatoms. The lowest BCUT2D eigenvalue weighted by Gasteiger charge is -2.24. The molecule has 1 aromatic carbocycles. The van der Waals surface area contributed by atoms with E-state index in [-0.39, 0.29) is 0 Å². The van der Waals surface area contributed by atoms with Gasteiger partial charge in [0.1, 0.15) is 0 Å². The zero-order valence-corrected chi connectivity index (χ0v) is 10.3. The Morgan fingerprint density at radius 1 is 1.53 bits per heavy atom. The summed E-state index contributed by atoms with van der Waals surface area (Å²) in [6.07, 6.45) is 1.64. The number of nitrogens with zero attached hydrogens (tertiary/aromatic N) is 1. The van der Waals surface area contributed by atoms with Gasteiger partial charge in [0, 0.05) is 6.54 Å². The Hall–Kier alpha value is -1.73. The Morgan fingerprint density at radius 2 is 2.24 bits per heavy atom. The van der Waals surface area contributed by atoms with E-state index >= 15 is 0 Å². The van der Waals surface area contributed by atoms with Gasteiger partial charge in [0.25, 0.3) is 0 Å². The Balaban J connectivity index is 2.72. The second kappa shape index (κ2) is 5.55. The van der Waals surface area contributed by atoms with Crippen molar-refractivity contribution in [1.29, 1.82) is 5.26 Å². The molecule has 1 unspecified atom stereocenters. The number of hydrogen-bond acceptors (Lipinski definition) is 4. The van der Waals surface area contributed by atoms with E-state index in [1.807, 2.05) is 6.92 Å². The van der Waals surface area contributed by atoms with Gasteiger partial charge >= 0.3 is 0 Å². The number of hydrogen-bond donors (Lipinski definition) is 3. The number of nitriles is 1. The van der Waals surface area contributed by atoms with Gasteiger partial charge in [-0.25, -0.2) is 0 Å². The fourth-order valence-electron chi connectivity index (χ4n) is 1.69. The van der Waals surface area contributed by atoms with Gasteiger partial charge in [0.2, 0.25) is 0 Å². The Bertz CT molecular complexity index is 421. The largest absolute Gasteiger partial charge is 0.397 e. The monoisotopic (exact) mass is 233 g/mol. The molecule has 1 aromatic rings. The molecule has 0 aromatic heterocycles. The molecule has 0 heterocycles. The van der Waals surface area contributed by atoms with Gasteiger partial charge in [-0.2, -0.15) is 5.26 Å². The van der Waals surface area contributed by atoms with Crippen LogP contribution in [0, 0.1) is 11.3 Å². The summed E-state index contributed by atoms with van der Waals surface area (Å²) in [5.74, 6) is 0. The smallest absolute Gasteiger partial charge is 0.0992 e. The molecule has 0 radical (unpaired) electrons. The highest BCUT2D eigenvalue weighted by molar-refractivity contribution is 5.68. The topological polar surface area (TPSA) is 82.1 Å². The summed E-state index contributed by atoms with van der Waals surface area (Å²) in [5.41, 5.74) is 6.86. The molecule has 1 atom stereocenters. The van der Waals surface area contributed by atoms with Crippen LogP contribution in [0.25, 0.3) is 0 Å². The van der Waals surface area contributed by atoms with E-state index in [1.54, 1.807) is 25.1 Å². The normalized spacial score (nSPS) is 13.8. The first-order valence-corrected chi connectivity index (χ1v) is 5.74. The quantitative estimate of drug-likeness (QED) is 0.680. The number of rotatable bonds is 5. The van der Waals surface area contributed by atoms with Crippen molar-refractivity contribution in [3.05, 3.63) is 23.8 Å². The fraction of sp³-hybridized carbons (Fsp3) is 0.462. The van der Waals surface area contributed by atoms with Gasteiger partial charge in [0.15, 0.2) is 0 Å². The van der Waals surface area contributed by atoms with E-state index < -0.39 is 5.60 Å². The van der Waals surface area contributed by atoms with Crippen molar-refractivity contribution in [3.63, 3.8) is 0 Å². The van der Waals surface area contributed by atoms with E-state index in [4.69, 9.17) is 11.0 Å². The average Bonchev–Trinajstić information content (AvgIpc) is 2.28. The molecule has 0 aliphatic carbocycles. The maximum absolute atomic E-state index is 10.0. The standard InChI is InChI=1S/C13H19N3O/c1-3-6-13(2,17)9-16-12-7-10(8-14)4-5-11(12)15/h4-5,7,16-17H,3,6,9,15H2,1-2H3. The van der Waals surface area contributed by atoms with Gasteiger partial charge in [-0.05, 0) is 31.5 Å². The van der Waals surface area contributed by atoms with Crippen LogP contribution < -0.4 is 11.1 Å². The second-order valence-corrected chi connectivity index (χ2v) is 4.51. The maximum Gasteiger partial charge on any atom is 0.0992 e. The number of nitrogens with one attached hydrogen (secondary N) is 1. The average molecular weight is 233 g/mol. The van der Waals surface area contributed by atoms with Gasteiger partial charge in [0.05, 0.1) is 28.6 Å². The first-order chi connectivity index (χ1) is 7.98. The van der Waals surface area contributed by atoms with Gasteiger partial charge in [-0.1, -0.05) is 13.3 Å². The summed E-state index contributed by atoms with van der Waals surface area (Å²) in [4.78, 5) is 0. The molecule has 17 heavy (non-hydrogen) atoms. The molecular formula is C13H19N3O. The molecule has 0 spiro atoms. The Labute approximate surface area is 102 Å². The van der Waals surface area contributed by atoms with Crippen LogP contribution in [-0.4, -0.2) is 17.3 Å². The predicted molar refractivity (Wildman–Crippen MR) is 69.6 cm³/mol. The fourth-order valence-corrected chi connectivity index (χ4v) is 1.69. The van der Waals surface area contributed by atoms with Crippen molar-refractivity contribution in [2.45, 2.75) is 32.3 Å². The zero-order valence-electron chi connectivity index (χ0n) is 10.3. The van der Waals surface area contributed by atoms with Crippen LogP contribution in [0.15, 0.2) is 18.2 Å². The summed E-state index contributed by atoms with van der Waals surface area (Å²) in [6, 6.07) is 7.11. The molecule has 4 nitrogen and oxygen atoms in total. The van der Waals surface area contributed by atoms with Crippen molar-refractivity contribution < 1.29 is 5.11 Å². The number of nitrogens with two attached hydrogens (primary N) is 1. The van der Waals surface area contributed by atoms with Crippen LogP contribution in [0.4, 0.5) is 11.4 Å². The zero-order chi connectivity index (χ0) is 12.9. The molecule has 0 bridgehead atoms. The van der Waals surface area contributed by atoms with Crippen LogP contribution in [0.2, 0.25) is 0 Å². The van der Waals surface area contributed by atoms with E-state index in [2.05, 4.69) is 11.4 Å². The minimum atomic E-state index is -0.760. The highest BCUT2D eigenvalue weighted by Gasteiger charge is 2.18. The van der Waals surface area contributed by atoms with Crippen molar-refractivity contribution in [3.8, 4) is 6.07 Å². The summed E-state index contributed by atoms with van der Waals surface area (Å²) in [6.45, 7) is 4.23. The minimum absolute atomic E-state index is 0.417. The van der Waals surface area contributed by atoms with Crippen LogP contribution in [0.1, 0.15) is 32.3 Å². The first-order valence-electron chi connectivity index (χ1n) is 5.74. The molecular weight excluding hydrogens is 214 g/mol. The van der Waals surface area contributed by atoms with Crippen molar-refractivity contribution >= 4 is 11.4 Å². The summed E-state index contributed by atoms with van der Waals surface area (Å²) in [7, 11) is 0. The van der Waals surface area contributed by atoms with E-state index in [1.165, 1.54) is 0 Å². The van der Waals surface area contributed by atoms with Crippen molar-refractivity contribution in [1.82, 2.24) is 0 Å². The molecule has 0 amide bonds. The minimum Gasteiger partial charge on any atom is -0.397 e. The predicted octanol–water partition coefficient (Wildman–Crippen LogP) is 2.10. The van der Waals surface area contributed by atoms with Crippen LogP contribution in [-0.2, 0) is 0 Å². The highest BCUT2D eigenvalue weighted by atomic mass is 16.3. The summed E-state index contributed by atoms with van der Waals surface area (Å²) in [5, 5.41) is 21.9. The lowest BCUT2D eigenvalue weighted by Crippen LogP contribution is -2.33. The van der Waals surface area contributed by atoms with Crippen molar-refractivity contribution in [2.24, 2.45) is 0 Å². The second-order valence-electron chi connectivity index (χ2n) is 4.51. The van der Waals surface area contributed by atoms with Gasteiger partial charge in [-0.15, -0.1) is 0 Å². The summed E-state index contributed by atoms with van der Waals surface area (Å²) >= 11 is 0. The maximum atomic E-state index is 10.0. The number of aliphatic hydroxyl groups is 1. The lowest BCUT2D eigenvalue weighted by atomic mass is 10.0. The lowest BCUT2D eigenvalue weighted by molar-refractivity contribution is 0.0637. The molecule has 0 saturated carbocycles. The first kappa shape index (κ1) is 13.3. The molecule has 0 aliphatic rings. The third-order valence-electron chi connectivity index (χ3n) is 2.63. The molecule has 4 N–H and O–H groups in total. The van der Waals surface area contributed by atoms with E-state index in [0.717, 1.165) is 12.8 Å². The molecule has 1 rings (SSSR count). The van der Waals surface area contributed by atoms with Crippen LogP contribution >= 0.6 is 0 Å². The Morgan fingerprint density at radius 3 is 2.82 bits per heavy atom. The summed E-state index contributed by atoms with van der Waals surface area (Å²) < 4.78 is 0. The third-order valence-corrected chi connectivity index (χ3v) is 2.63. The molecule has 0 aliphatic heterocycles. The van der Waals surface area contributed by atoms with E-state index in [0.29, 0.717) is 23.5 Å². The van der Waals surface area contributed by atoms with Crippen molar-refractivity contribution in [2.75, 3.05) is 17.6 Å². The van der Waals surface area contributed by atoms with Gasteiger partial charge in [-0.3, -0.25) is 0 Å². The molecule has 92 valence electrons. The molecule has 0 fully saturated rings. The highest BCUT2D eigenvalue weighted by Crippen LogP contribution is 2.21.